The van der Waals surface area contributed by atoms with E-state index in [0.717, 1.165) is 24.3 Å². The monoisotopic (exact) mass is 872 g/mol. The minimum absolute atomic E-state index is 0.261. The van der Waals surface area contributed by atoms with Crippen molar-refractivity contribution in [2.45, 2.75) is 33.4 Å². The van der Waals surface area contributed by atoms with Crippen LogP contribution >= 0.6 is 0 Å². The number of anilines is 2. The van der Waals surface area contributed by atoms with Gasteiger partial charge < -0.3 is 21.7 Å². The number of benzene rings is 6. The molecule has 58 heavy (non-hydrogen) atoms. The highest BCUT2D eigenvalue weighted by molar-refractivity contribution is 7.87. The minimum Gasteiger partial charge on any atom is -0.505 e. The molecule has 0 spiro atoms. The Kier molecular flexibility index (Phi) is 10.3. The molecule has 6 rings (SSSR count). The highest BCUT2D eigenvalue weighted by Crippen LogP contribution is 2.45. The average Bonchev–Trinajstić information content (AvgIpc) is 3.09. The number of rotatable bonds is 9. The van der Waals surface area contributed by atoms with E-state index in [-0.39, 0.29) is 22.1 Å². The Morgan fingerprint density at radius 2 is 0.724 bits per heavy atom. The normalized spacial score (nSPS) is 13.0. The van der Waals surface area contributed by atoms with E-state index in [1.165, 1.54) is 0 Å². The molecule has 0 radical (unpaired) electrons. The highest BCUT2D eigenvalue weighted by Gasteiger charge is 2.28. The molecule has 0 atom stereocenters. The summed E-state index contributed by atoms with van der Waals surface area (Å²) in [6.45, 7) is 3.42. The number of hydrogen-bond acceptors (Lipinski definition) is 16. The largest absolute Gasteiger partial charge is 0.505 e. The molecule has 6 aromatic carbocycles. The minimum atomic E-state index is -5.10. The number of nitrogens with two attached hydrogens (primary N) is 2. The van der Waals surface area contributed by atoms with Crippen molar-refractivity contribution in [1.82, 2.24) is 0 Å². The number of nitrogen functional groups attached to an aromatic ring is 2. The van der Waals surface area contributed by atoms with Crippen LogP contribution in [-0.4, -0.2) is 62.1 Å². The Hall–Kier alpha value is -6.12. The van der Waals surface area contributed by atoms with Gasteiger partial charge in [-0.3, -0.25) is 18.2 Å². The molecule has 0 amide bonds. The molecule has 0 aliphatic rings. The number of fused-ring (bicyclic) bond motifs is 2. The summed E-state index contributed by atoms with van der Waals surface area (Å²) in [5.41, 5.74) is 13.2. The van der Waals surface area contributed by atoms with Crippen molar-refractivity contribution >= 4 is 96.1 Å². The van der Waals surface area contributed by atoms with Crippen molar-refractivity contribution in [1.29, 1.82) is 0 Å². The van der Waals surface area contributed by atoms with Gasteiger partial charge in [0, 0.05) is 10.8 Å². The number of aromatic hydroxyl groups is 2. The summed E-state index contributed by atoms with van der Waals surface area (Å²) >= 11 is 0. The van der Waals surface area contributed by atoms with Crippen LogP contribution in [0.5, 0.6) is 11.5 Å². The Morgan fingerprint density at radius 1 is 0.431 bits per heavy atom. The standard InChI is InChI=1S/C34H28N6O14S4/c1-15-11-17(3-7-21(15)37-39-23-9-5-19-25(55(43,44)45)13-27(57(49,50)51)31(35)29(19)33(23)41)18-4-8-22(16(2)12-18)38-40-24-10-6-20-26(56(46,47)48)14-28(58(52,53)54)32(36)30(20)34(24)42/h3-14,41-42H,35-36H2,1-2H3,(H,43,44,45)(H,46,47,48)(H,49,50,51)(H,52,53,54)/b39-37+,40-38+. The van der Waals surface area contributed by atoms with Crippen LogP contribution in [0.1, 0.15) is 11.1 Å². The van der Waals surface area contributed by atoms with Crippen LogP contribution in [0.25, 0.3) is 32.7 Å². The summed E-state index contributed by atoms with van der Waals surface area (Å²) in [4.78, 5) is -4.01. The van der Waals surface area contributed by atoms with E-state index in [2.05, 4.69) is 20.5 Å². The number of phenolic OH excluding ortho intramolecular Hbond substituents is 2. The third-order valence-corrected chi connectivity index (χ3v) is 12.4. The molecule has 24 heteroatoms. The van der Waals surface area contributed by atoms with E-state index in [4.69, 9.17) is 11.5 Å². The van der Waals surface area contributed by atoms with Gasteiger partial charge in [0.15, 0.2) is 11.5 Å². The number of phenols is 2. The van der Waals surface area contributed by atoms with Crippen molar-refractivity contribution in [3.05, 3.63) is 83.9 Å². The summed E-state index contributed by atoms with van der Waals surface area (Å²) in [6, 6.07) is 15.6. The van der Waals surface area contributed by atoms with Crippen LogP contribution in [0.2, 0.25) is 0 Å². The van der Waals surface area contributed by atoms with Crippen molar-refractivity contribution in [2.24, 2.45) is 20.5 Å². The summed E-state index contributed by atoms with van der Waals surface area (Å²) in [6.07, 6.45) is 0. The SMILES string of the molecule is Cc1cc(-c2ccc(/N=N/c3ccc4c(S(=O)(=O)O)cc(S(=O)(=O)O)c(N)c4c3O)c(C)c2)ccc1/N=N/c1ccc2c(S(=O)(=O)O)cc(S(=O)(=O)O)c(N)c2c1O. The topological polar surface area (TPSA) is 359 Å². The molecule has 0 saturated carbocycles. The molecule has 0 fully saturated rings. The predicted octanol–water partition coefficient (Wildman–Crippen LogP) is 6.67. The molecule has 20 nitrogen and oxygen atoms in total. The smallest absolute Gasteiger partial charge is 0.296 e. The van der Waals surface area contributed by atoms with E-state index < -0.39 is 93.7 Å². The molecule has 6 aromatic rings. The molecule has 0 aromatic heterocycles. The van der Waals surface area contributed by atoms with Gasteiger partial charge >= 0.3 is 0 Å². The van der Waals surface area contributed by atoms with Gasteiger partial charge in [-0.15, -0.1) is 10.2 Å². The zero-order valence-corrected chi connectivity index (χ0v) is 32.7. The fraction of sp³-hybridized carbons (Fsp3) is 0.0588. The first-order valence-electron chi connectivity index (χ1n) is 15.9. The van der Waals surface area contributed by atoms with E-state index >= 15 is 0 Å². The predicted molar refractivity (Wildman–Crippen MR) is 209 cm³/mol. The van der Waals surface area contributed by atoms with Crippen molar-refractivity contribution < 1.29 is 62.1 Å². The van der Waals surface area contributed by atoms with Gasteiger partial charge in [-0.25, -0.2) is 0 Å². The molecule has 0 heterocycles. The van der Waals surface area contributed by atoms with Gasteiger partial charge in [0.2, 0.25) is 0 Å². The van der Waals surface area contributed by atoms with Crippen LogP contribution in [0.15, 0.2) is 113 Å². The zero-order valence-electron chi connectivity index (χ0n) is 29.5. The Balaban J connectivity index is 1.30. The molecule has 0 unspecified atom stereocenters. The molecular formula is C34H28N6O14S4. The molecule has 0 saturated heterocycles. The summed E-state index contributed by atoms with van der Waals surface area (Å²) in [5.74, 6) is -1.57. The highest BCUT2D eigenvalue weighted by atomic mass is 32.2. The van der Waals surface area contributed by atoms with Crippen molar-refractivity contribution in [2.75, 3.05) is 11.5 Å². The number of azo groups is 2. The first-order valence-corrected chi connectivity index (χ1v) is 21.7. The molecule has 0 aliphatic carbocycles. The van der Waals surface area contributed by atoms with Gasteiger partial charge in [0.05, 0.1) is 33.5 Å². The second kappa shape index (κ2) is 14.4. The van der Waals surface area contributed by atoms with E-state index in [0.29, 0.717) is 45.8 Å². The van der Waals surface area contributed by atoms with E-state index in [1.54, 1.807) is 50.2 Å². The number of hydrogen-bond donors (Lipinski definition) is 8. The maximum absolute atomic E-state index is 12.0. The summed E-state index contributed by atoms with van der Waals surface area (Å²) in [5, 5.41) is 36.5. The Bertz CT molecular complexity index is 3080. The van der Waals surface area contributed by atoms with Crippen LogP contribution in [0.3, 0.4) is 0 Å². The Labute approximate surface area is 328 Å². The second-order valence-corrected chi connectivity index (χ2v) is 18.1. The van der Waals surface area contributed by atoms with Crippen LogP contribution < -0.4 is 11.5 Å². The lowest BCUT2D eigenvalue weighted by Crippen LogP contribution is -2.08. The van der Waals surface area contributed by atoms with Gasteiger partial charge in [0.25, 0.3) is 40.5 Å². The lowest BCUT2D eigenvalue weighted by Gasteiger charge is -2.13. The van der Waals surface area contributed by atoms with Crippen LogP contribution in [0.4, 0.5) is 34.1 Å². The molecule has 0 aliphatic heterocycles. The van der Waals surface area contributed by atoms with E-state index in [1.807, 2.05) is 0 Å². The molecule has 302 valence electrons. The fourth-order valence-electron chi connectivity index (χ4n) is 6.04. The number of nitrogens with zero attached hydrogens (tertiary/aromatic N) is 4. The quantitative estimate of drug-likeness (QED) is 0.0427. The molecule has 10 N–H and O–H groups in total. The van der Waals surface area contributed by atoms with Gasteiger partial charge in [-0.1, -0.05) is 24.3 Å². The maximum Gasteiger partial charge on any atom is 0.296 e. The maximum atomic E-state index is 12.0. The van der Waals surface area contributed by atoms with Gasteiger partial charge in [-0.05, 0) is 84.6 Å². The molecule has 0 bridgehead atoms. The number of aryl methyl sites for hydroxylation is 2. The van der Waals surface area contributed by atoms with Gasteiger partial charge in [0.1, 0.15) is 31.0 Å². The van der Waals surface area contributed by atoms with Crippen LogP contribution in [-0.2, 0) is 40.5 Å². The average molecular weight is 873 g/mol. The summed E-state index contributed by atoms with van der Waals surface area (Å²) in [7, 11) is -20.3. The molecular weight excluding hydrogens is 845 g/mol. The third kappa shape index (κ3) is 7.77. The van der Waals surface area contributed by atoms with E-state index in [9.17, 15) is 62.1 Å². The third-order valence-electron chi connectivity index (χ3n) is 8.81. The zero-order chi connectivity index (χ0) is 42.9. The summed E-state index contributed by atoms with van der Waals surface area (Å²) < 4.78 is 134. The second-order valence-electron chi connectivity index (χ2n) is 12.6. The first kappa shape index (κ1) is 41.5. The van der Waals surface area contributed by atoms with Crippen molar-refractivity contribution in [3.8, 4) is 22.6 Å². The van der Waals surface area contributed by atoms with Crippen molar-refractivity contribution in [3.63, 3.8) is 0 Å². The Morgan fingerprint density at radius 3 is 1.02 bits per heavy atom. The lowest BCUT2D eigenvalue weighted by atomic mass is 10.0. The lowest BCUT2D eigenvalue weighted by molar-refractivity contribution is 0.476. The van der Waals surface area contributed by atoms with Crippen LogP contribution in [0, 0.1) is 13.8 Å². The van der Waals surface area contributed by atoms with Gasteiger partial charge in [-0.2, -0.15) is 43.9 Å². The first-order chi connectivity index (χ1) is 26.8. The fourth-order valence-corrected chi connectivity index (χ4v) is 8.91.